The third-order valence-corrected chi connectivity index (χ3v) is 4.09. The Labute approximate surface area is 146 Å². The van der Waals surface area contributed by atoms with Gasteiger partial charge in [0.25, 0.3) is 0 Å². The van der Waals surface area contributed by atoms with Gasteiger partial charge in [-0.3, -0.25) is 0 Å². The minimum atomic E-state index is -0.413. The van der Waals surface area contributed by atoms with Crippen LogP contribution in [0.3, 0.4) is 0 Å². The summed E-state index contributed by atoms with van der Waals surface area (Å²) in [6.07, 6.45) is 3.83. The van der Waals surface area contributed by atoms with E-state index in [9.17, 15) is 9.18 Å². The zero-order valence-electron chi connectivity index (χ0n) is 14.1. The van der Waals surface area contributed by atoms with Gasteiger partial charge in [-0.05, 0) is 37.1 Å². The molecule has 1 aliphatic heterocycles. The van der Waals surface area contributed by atoms with Gasteiger partial charge < -0.3 is 20.3 Å². The SMILES string of the molecule is COc1ncccc1CNC(=O)Nc1cc(F)cc(N2CCCC2)c1. The summed E-state index contributed by atoms with van der Waals surface area (Å²) >= 11 is 0. The highest BCUT2D eigenvalue weighted by Gasteiger charge is 2.14. The second-order valence-corrected chi connectivity index (χ2v) is 5.87. The molecule has 2 heterocycles. The fourth-order valence-electron chi connectivity index (χ4n) is 2.90. The van der Waals surface area contributed by atoms with E-state index in [1.807, 2.05) is 6.07 Å². The number of amides is 2. The van der Waals surface area contributed by atoms with Gasteiger partial charge in [0.05, 0.1) is 7.11 Å². The summed E-state index contributed by atoms with van der Waals surface area (Å²) in [5.41, 5.74) is 1.98. The number of hydrogen-bond donors (Lipinski definition) is 2. The van der Waals surface area contributed by atoms with E-state index in [1.165, 1.54) is 19.2 Å². The van der Waals surface area contributed by atoms with E-state index in [1.54, 1.807) is 18.3 Å². The van der Waals surface area contributed by atoms with E-state index in [4.69, 9.17) is 4.74 Å². The number of nitrogens with zero attached hydrogens (tertiary/aromatic N) is 2. The fourth-order valence-corrected chi connectivity index (χ4v) is 2.90. The van der Waals surface area contributed by atoms with Crippen molar-refractivity contribution in [2.24, 2.45) is 0 Å². The molecule has 1 aromatic carbocycles. The Morgan fingerprint density at radius 2 is 2.12 bits per heavy atom. The molecule has 2 aromatic rings. The standard InChI is InChI=1S/C18H21FN4O2/c1-25-17-13(5-4-6-20-17)12-21-18(24)22-15-9-14(19)10-16(11-15)23-7-2-3-8-23/h4-6,9-11H,2-3,7-8,12H2,1H3,(H2,21,22,24). The second-order valence-electron chi connectivity index (χ2n) is 5.87. The van der Waals surface area contributed by atoms with E-state index in [-0.39, 0.29) is 12.4 Å². The first-order valence-electron chi connectivity index (χ1n) is 8.24. The number of benzene rings is 1. The van der Waals surface area contributed by atoms with Crippen LogP contribution in [0.25, 0.3) is 0 Å². The van der Waals surface area contributed by atoms with Crippen LogP contribution in [0.4, 0.5) is 20.6 Å². The average molecular weight is 344 g/mol. The predicted molar refractivity (Wildman–Crippen MR) is 94.5 cm³/mol. The minimum absolute atomic E-state index is 0.261. The molecule has 7 heteroatoms. The number of carbonyl (C=O) groups is 1. The summed E-state index contributed by atoms with van der Waals surface area (Å²) in [4.78, 5) is 18.3. The van der Waals surface area contributed by atoms with Crippen LogP contribution in [0.5, 0.6) is 5.88 Å². The van der Waals surface area contributed by atoms with E-state index in [2.05, 4.69) is 20.5 Å². The van der Waals surface area contributed by atoms with Crippen LogP contribution in [0.2, 0.25) is 0 Å². The lowest BCUT2D eigenvalue weighted by Crippen LogP contribution is -2.28. The summed E-state index contributed by atoms with van der Waals surface area (Å²) < 4.78 is 19.0. The summed E-state index contributed by atoms with van der Waals surface area (Å²) in [5.74, 6) is 0.0958. The number of aromatic nitrogens is 1. The normalized spacial score (nSPS) is 13.6. The molecule has 1 fully saturated rings. The smallest absolute Gasteiger partial charge is 0.319 e. The molecule has 2 amide bonds. The third kappa shape index (κ3) is 4.37. The quantitative estimate of drug-likeness (QED) is 0.874. The van der Waals surface area contributed by atoms with Gasteiger partial charge in [0, 0.05) is 42.8 Å². The highest BCUT2D eigenvalue weighted by Crippen LogP contribution is 2.25. The van der Waals surface area contributed by atoms with Crippen LogP contribution in [0.15, 0.2) is 36.5 Å². The number of ether oxygens (including phenoxy) is 1. The van der Waals surface area contributed by atoms with Crippen LogP contribution in [0, 0.1) is 5.82 Å². The van der Waals surface area contributed by atoms with Gasteiger partial charge in [0.2, 0.25) is 5.88 Å². The molecule has 6 nitrogen and oxygen atoms in total. The number of urea groups is 1. The molecule has 1 aromatic heterocycles. The van der Waals surface area contributed by atoms with E-state index < -0.39 is 6.03 Å². The molecule has 0 saturated carbocycles. The number of carbonyl (C=O) groups excluding carboxylic acids is 1. The van der Waals surface area contributed by atoms with Crippen molar-refractivity contribution in [3.05, 3.63) is 47.9 Å². The van der Waals surface area contributed by atoms with Crippen molar-refractivity contribution in [1.29, 1.82) is 0 Å². The number of rotatable bonds is 5. The molecule has 0 aliphatic carbocycles. The molecule has 2 N–H and O–H groups in total. The monoisotopic (exact) mass is 344 g/mol. The van der Waals surface area contributed by atoms with E-state index in [0.717, 1.165) is 37.2 Å². The first-order valence-corrected chi connectivity index (χ1v) is 8.24. The Hall–Kier alpha value is -2.83. The summed E-state index contributed by atoms with van der Waals surface area (Å²) in [7, 11) is 1.53. The largest absolute Gasteiger partial charge is 0.481 e. The molecule has 0 radical (unpaired) electrons. The number of halogens is 1. The molecule has 1 aliphatic rings. The number of pyridine rings is 1. The highest BCUT2D eigenvalue weighted by molar-refractivity contribution is 5.89. The van der Waals surface area contributed by atoms with Gasteiger partial charge in [-0.15, -0.1) is 0 Å². The zero-order valence-corrected chi connectivity index (χ0v) is 14.1. The molecular weight excluding hydrogens is 323 g/mol. The third-order valence-electron chi connectivity index (χ3n) is 4.09. The van der Waals surface area contributed by atoms with Gasteiger partial charge in [-0.2, -0.15) is 0 Å². The average Bonchev–Trinajstić information content (AvgIpc) is 3.14. The van der Waals surface area contributed by atoms with Gasteiger partial charge in [-0.25, -0.2) is 14.2 Å². The maximum atomic E-state index is 13.9. The minimum Gasteiger partial charge on any atom is -0.481 e. The van der Waals surface area contributed by atoms with Crippen LogP contribution in [0.1, 0.15) is 18.4 Å². The van der Waals surface area contributed by atoms with Crippen molar-refractivity contribution < 1.29 is 13.9 Å². The Morgan fingerprint density at radius 1 is 1.32 bits per heavy atom. The number of methoxy groups -OCH3 is 1. The lowest BCUT2D eigenvalue weighted by Gasteiger charge is -2.19. The highest BCUT2D eigenvalue weighted by atomic mass is 19.1. The van der Waals surface area contributed by atoms with Crippen molar-refractivity contribution in [1.82, 2.24) is 10.3 Å². The Morgan fingerprint density at radius 3 is 2.88 bits per heavy atom. The van der Waals surface area contributed by atoms with Crippen molar-refractivity contribution in [3.8, 4) is 5.88 Å². The molecule has 0 spiro atoms. The summed E-state index contributed by atoms with van der Waals surface area (Å²) in [5, 5.41) is 5.40. The number of hydrogen-bond acceptors (Lipinski definition) is 4. The van der Waals surface area contributed by atoms with Crippen molar-refractivity contribution in [2.45, 2.75) is 19.4 Å². The van der Waals surface area contributed by atoms with Crippen molar-refractivity contribution >= 4 is 17.4 Å². The first kappa shape index (κ1) is 17.0. The summed E-state index contributed by atoms with van der Waals surface area (Å²) in [6.45, 7) is 2.09. The van der Waals surface area contributed by atoms with Gasteiger partial charge >= 0.3 is 6.03 Å². The fraction of sp³-hybridized carbons (Fsp3) is 0.333. The maximum absolute atomic E-state index is 13.9. The zero-order chi connectivity index (χ0) is 17.6. The lowest BCUT2D eigenvalue weighted by atomic mass is 10.2. The molecular formula is C18H21FN4O2. The molecule has 0 atom stereocenters. The molecule has 1 saturated heterocycles. The Bertz CT molecular complexity index is 748. The Balaban J connectivity index is 1.62. The van der Waals surface area contributed by atoms with Gasteiger partial charge in [0.15, 0.2) is 0 Å². The molecule has 3 rings (SSSR count). The van der Waals surface area contributed by atoms with Crippen LogP contribution in [-0.4, -0.2) is 31.2 Å². The summed E-state index contributed by atoms with van der Waals surface area (Å²) in [6, 6.07) is 7.77. The predicted octanol–water partition coefficient (Wildman–Crippen LogP) is 3.15. The topological polar surface area (TPSA) is 66.5 Å². The molecule has 0 unspecified atom stereocenters. The van der Waals surface area contributed by atoms with Crippen molar-refractivity contribution in [3.63, 3.8) is 0 Å². The van der Waals surface area contributed by atoms with Gasteiger partial charge in [-0.1, -0.05) is 6.07 Å². The molecule has 132 valence electrons. The van der Waals surface area contributed by atoms with Crippen LogP contribution >= 0.6 is 0 Å². The maximum Gasteiger partial charge on any atom is 0.319 e. The van der Waals surface area contributed by atoms with Crippen LogP contribution in [-0.2, 0) is 6.54 Å². The number of nitrogens with one attached hydrogen (secondary N) is 2. The van der Waals surface area contributed by atoms with Crippen molar-refractivity contribution in [2.75, 3.05) is 30.4 Å². The second kappa shape index (κ2) is 7.83. The molecule has 25 heavy (non-hydrogen) atoms. The lowest BCUT2D eigenvalue weighted by molar-refractivity contribution is 0.251. The Kier molecular flexibility index (Phi) is 5.33. The molecule has 0 bridgehead atoms. The number of anilines is 2. The van der Waals surface area contributed by atoms with Crippen LogP contribution < -0.4 is 20.3 Å². The van der Waals surface area contributed by atoms with E-state index >= 15 is 0 Å². The van der Waals surface area contributed by atoms with E-state index in [0.29, 0.717) is 11.6 Å². The van der Waals surface area contributed by atoms with Gasteiger partial charge in [0.1, 0.15) is 5.82 Å². The first-order chi connectivity index (χ1) is 12.2.